The zero-order valence-corrected chi connectivity index (χ0v) is 12.7. The lowest BCUT2D eigenvalue weighted by Crippen LogP contribution is -2.45. The van der Waals surface area contributed by atoms with Crippen molar-refractivity contribution in [2.45, 2.75) is 42.4 Å². The molecule has 1 saturated heterocycles. The maximum absolute atomic E-state index is 12.6. The molecular weight excluding hydrogens is 268 g/mol. The molecule has 1 aromatic rings. The molecule has 0 radical (unpaired) electrons. The van der Waals surface area contributed by atoms with Crippen LogP contribution in [0.25, 0.3) is 0 Å². The van der Waals surface area contributed by atoms with E-state index in [0.29, 0.717) is 11.8 Å². The summed E-state index contributed by atoms with van der Waals surface area (Å²) in [5, 5.41) is 0.0826. The highest BCUT2D eigenvalue weighted by Crippen LogP contribution is 2.38. The maximum Gasteiger partial charge on any atom is 0.236 e. The summed E-state index contributed by atoms with van der Waals surface area (Å²) in [6, 6.07) is 8.61. The zero-order chi connectivity index (χ0) is 14.1. The van der Waals surface area contributed by atoms with Gasteiger partial charge in [0.1, 0.15) is 0 Å². The first-order chi connectivity index (χ1) is 9.65. The third-order valence-electron chi connectivity index (χ3n) is 4.52. The van der Waals surface area contributed by atoms with Gasteiger partial charge in [-0.2, -0.15) is 0 Å². The molecule has 108 valence electrons. The minimum Gasteiger partial charge on any atom is -0.342 e. The average molecular weight is 290 g/mol. The van der Waals surface area contributed by atoms with Crippen molar-refractivity contribution in [2.75, 3.05) is 13.1 Å². The Hall–Kier alpha value is -1.00. The van der Waals surface area contributed by atoms with Gasteiger partial charge in [0, 0.05) is 24.0 Å². The van der Waals surface area contributed by atoms with E-state index in [9.17, 15) is 4.79 Å². The summed E-state index contributed by atoms with van der Waals surface area (Å²) in [4.78, 5) is 15.9. The molecule has 2 unspecified atom stereocenters. The van der Waals surface area contributed by atoms with Crippen molar-refractivity contribution in [1.29, 1.82) is 0 Å². The van der Waals surface area contributed by atoms with Crippen LogP contribution >= 0.6 is 11.8 Å². The Morgan fingerprint density at radius 3 is 2.70 bits per heavy atom. The minimum atomic E-state index is 0.0826. The number of rotatable bonds is 2. The molecule has 3 rings (SSSR count). The molecule has 2 heterocycles. The normalized spacial score (nSPS) is 24.5. The number of hydrogen-bond acceptors (Lipinski definition) is 3. The highest BCUT2D eigenvalue weighted by atomic mass is 32.2. The van der Waals surface area contributed by atoms with E-state index in [1.165, 1.54) is 10.5 Å². The van der Waals surface area contributed by atoms with Gasteiger partial charge in [-0.1, -0.05) is 18.2 Å². The highest BCUT2D eigenvalue weighted by Gasteiger charge is 2.33. The summed E-state index contributed by atoms with van der Waals surface area (Å²) < 4.78 is 0. The van der Waals surface area contributed by atoms with Gasteiger partial charge in [-0.05, 0) is 43.7 Å². The summed E-state index contributed by atoms with van der Waals surface area (Å²) in [6.07, 6.45) is 2.98. The van der Waals surface area contributed by atoms with E-state index in [2.05, 4.69) is 25.1 Å². The first kappa shape index (κ1) is 14.0. The number of thioether (sulfide) groups is 1. The number of carbonyl (C=O) groups excluding carboxylic acids is 1. The van der Waals surface area contributed by atoms with Crippen molar-refractivity contribution in [2.24, 2.45) is 11.7 Å². The third kappa shape index (κ3) is 2.72. The highest BCUT2D eigenvalue weighted by molar-refractivity contribution is 8.01. The summed E-state index contributed by atoms with van der Waals surface area (Å²) in [6.45, 7) is 3.82. The monoisotopic (exact) mass is 290 g/mol. The lowest BCUT2D eigenvalue weighted by atomic mass is 9.91. The molecule has 1 fully saturated rings. The fourth-order valence-electron chi connectivity index (χ4n) is 3.17. The Kier molecular flexibility index (Phi) is 4.03. The quantitative estimate of drug-likeness (QED) is 0.909. The lowest BCUT2D eigenvalue weighted by Gasteiger charge is -2.34. The lowest BCUT2D eigenvalue weighted by molar-refractivity contribution is -0.132. The molecule has 1 amide bonds. The molecule has 0 spiro atoms. The molecule has 2 aliphatic heterocycles. The van der Waals surface area contributed by atoms with Crippen LogP contribution in [-0.4, -0.2) is 35.2 Å². The number of benzene rings is 1. The second-order valence-corrected chi connectivity index (χ2v) is 7.18. The van der Waals surface area contributed by atoms with Crippen molar-refractivity contribution in [3.63, 3.8) is 0 Å². The molecule has 3 nitrogen and oxygen atoms in total. The van der Waals surface area contributed by atoms with Crippen LogP contribution in [0.3, 0.4) is 0 Å². The number of hydrogen-bond donors (Lipinski definition) is 1. The third-order valence-corrected chi connectivity index (χ3v) is 5.82. The van der Waals surface area contributed by atoms with Crippen LogP contribution < -0.4 is 5.73 Å². The van der Waals surface area contributed by atoms with Gasteiger partial charge in [-0.3, -0.25) is 4.79 Å². The smallest absolute Gasteiger partial charge is 0.236 e. The van der Waals surface area contributed by atoms with E-state index in [-0.39, 0.29) is 11.3 Å². The van der Waals surface area contributed by atoms with E-state index in [1.807, 2.05) is 11.0 Å². The summed E-state index contributed by atoms with van der Waals surface area (Å²) in [5.41, 5.74) is 7.28. The number of likely N-dealkylation sites (tertiary alicyclic amines) is 1. The van der Waals surface area contributed by atoms with Gasteiger partial charge >= 0.3 is 0 Å². The molecule has 2 N–H and O–H groups in total. The minimum absolute atomic E-state index is 0.0826. The average Bonchev–Trinajstić information content (AvgIpc) is 2.90. The van der Waals surface area contributed by atoms with E-state index >= 15 is 0 Å². The number of nitrogens with zero attached hydrogens (tertiary/aromatic N) is 1. The predicted molar refractivity (Wildman–Crippen MR) is 82.7 cm³/mol. The standard InChI is InChI=1S/C16H22N2OS/c1-11(17)12-6-8-18(9-7-12)16(19)15-10-13-4-2-3-5-14(13)20-15/h2-5,11-12,15H,6-10,17H2,1H3. The van der Waals surface area contributed by atoms with Gasteiger partial charge in [-0.25, -0.2) is 0 Å². The first-order valence-corrected chi connectivity index (χ1v) is 8.32. The second kappa shape index (κ2) is 5.78. The first-order valence-electron chi connectivity index (χ1n) is 7.44. The van der Waals surface area contributed by atoms with E-state index in [4.69, 9.17) is 5.73 Å². The fourth-order valence-corrected chi connectivity index (χ4v) is 4.45. The Morgan fingerprint density at radius 2 is 2.05 bits per heavy atom. The fraction of sp³-hybridized carbons (Fsp3) is 0.562. The van der Waals surface area contributed by atoms with Gasteiger partial charge in [0.15, 0.2) is 0 Å². The van der Waals surface area contributed by atoms with Gasteiger partial charge < -0.3 is 10.6 Å². The SMILES string of the molecule is CC(N)C1CCN(C(=O)C2Cc3ccccc3S2)CC1. The molecule has 20 heavy (non-hydrogen) atoms. The molecule has 2 aliphatic rings. The van der Waals surface area contributed by atoms with Crippen LogP contribution in [0.4, 0.5) is 0 Å². The van der Waals surface area contributed by atoms with Gasteiger partial charge in [0.05, 0.1) is 5.25 Å². The van der Waals surface area contributed by atoms with Crippen molar-refractivity contribution in [3.8, 4) is 0 Å². The van der Waals surface area contributed by atoms with Crippen LogP contribution in [0, 0.1) is 5.92 Å². The zero-order valence-electron chi connectivity index (χ0n) is 11.9. The Bertz CT molecular complexity index is 470. The van der Waals surface area contributed by atoms with Gasteiger partial charge in [-0.15, -0.1) is 11.8 Å². The maximum atomic E-state index is 12.6. The molecule has 1 aromatic carbocycles. The van der Waals surface area contributed by atoms with Gasteiger partial charge in [0.2, 0.25) is 5.91 Å². The summed E-state index contributed by atoms with van der Waals surface area (Å²) in [7, 11) is 0. The number of piperidine rings is 1. The van der Waals surface area contributed by atoms with Crippen LogP contribution in [0.2, 0.25) is 0 Å². The number of nitrogens with two attached hydrogens (primary N) is 1. The topological polar surface area (TPSA) is 46.3 Å². The molecular formula is C16H22N2OS. The molecule has 2 atom stereocenters. The number of amides is 1. The number of carbonyl (C=O) groups is 1. The Morgan fingerprint density at radius 1 is 1.35 bits per heavy atom. The van der Waals surface area contributed by atoms with Crippen LogP contribution in [0.15, 0.2) is 29.2 Å². The van der Waals surface area contributed by atoms with E-state index in [1.54, 1.807) is 11.8 Å². The second-order valence-electron chi connectivity index (χ2n) is 5.94. The van der Waals surface area contributed by atoms with Crippen molar-refractivity contribution in [3.05, 3.63) is 29.8 Å². The summed E-state index contributed by atoms with van der Waals surface area (Å²) >= 11 is 1.73. The molecule has 0 bridgehead atoms. The van der Waals surface area contributed by atoms with Crippen LogP contribution in [0.5, 0.6) is 0 Å². The molecule has 0 aromatic heterocycles. The molecule has 0 saturated carbocycles. The van der Waals surface area contributed by atoms with Crippen molar-refractivity contribution >= 4 is 17.7 Å². The molecule has 0 aliphatic carbocycles. The van der Waals surface area contributed by atoms with Crippen molar-refractivity contribution < 1.29 is 4.79 Å². The summed E-state index contributed by atoms with van der Waals surface area (Å²) in [5.74, 6) is 0.891. The number of fused-ring (bicyclic) bond motifs is 1. The van der Waals surface area contributed by atoms with Crippen LogP contribution in [-0.2, 0) is 11.2 Å². The predicted octanol–water partition coefficient (Wildman–Crippen LogP) is 2.29. The van der Waals surface area contributed by atoms with E-state index in [0.717, 1.165) is 32.4 Å². The largest absolute Gasteiger partial charge is 0.342 e. The Labute approximate surface area is 124 Å². The van der Waals surface area contributed by atoms with Gasteiger partial charge in [0.25, 0.3) is 0 Å². The van der Waals surface area contributed by atoms with Crippen molar-refractivity contribution in [1.82, 2.24) is 4.90 Å². The Balaban J connectivity index is 1.59. The van der Waals surface area contributed by atoms with E-state index < -0.39 is 0 Å². The van der Waals surface area contributed by atoms with Crippen LogP contribution in [0.1, 0.15) is 25.3 Å². The molecule has 4 heteroatoms.